The lowest BCUT2D eigenvalue weighted by atomic mass is 10.1. The van der Waals surface area contributed by atoms with Gasteiger partial charge in [-0.05, 0) is 37.2 Å². The van der Waals surface area contributed by atoms with E-state index in [0.717, 1.165) is 26.2 Å². The summed E-state index contributed by atoms with van der Waals surface area (Å²) in [6, 6.07) is 8.98. The zero-order chi connectivity index (χ0) is 12.5. The van der Waals surface area contributed by atoms with E-state index in [9.17, 15) is 0 Å². The molecule has 0 aliphatic heterocycles. The number of hydrogen-bond acceptors (Lipinski definition) is 2. The molecule has 0 saturated heterocycles. The minimum Gasteiger partial charge on any atom is -0.313 e. The summed E-state index contributed by atoms with van der Waals surface area (Å²) >= 11 is 0. The summed E-state index contributed by atoms with van der Waals surface area (Å²) in [5, 5.41) is 3.35. The van der Waals surface area contributed by atoms with Crippen molar-refractivity contribution in [1.29, 1.82) is 0 Å². The lowest BCUT2D eigenvalue weighted by Crippen LogP contribution is -2.23. The van der Waals surface area contributed by atoms with E-state index in [-0.39, 0.29) is 0 Å². The van der Waals surface area contributed by atoms with Crippen LogP contribution in [0, 0.1) is 0 Å². The van der Waals surface area contributed by atoms with Crippen LogP contribution < -0.4 is 5.32 Å². The lowest BCUT2D eigenvalue weighted by Gasteiger charge is -2.19. The van der Waals surface area contributed by atoms with E-state index in [1.54, 1.807) is 0 Å². The standard InChI is InChI=1S/C15H26N2/c1-4-11-17(6-3)13-15-9-7-14(8-10-15)12-16-5-2/h7-10,16H,4-6,11-13H2,1-3H3. The van der Waals surface area contributed by atoms with Crippen molar-refractivity contribution in [3.8, 4) is 0 Å². The van der Waals surface area contributed by atoms with Crippen LogP contribution in [0.2, 0.25) is 0 Å². The zero-order valence-electron chi connectivity index (χ0n) is 11.5. The molecule has 0 bridgehead atoms. The first kappa shape index (κ1) is 14.2. The lowest BCUT2D eigenvalue weighted by molar-refractivity contribution is 0.280. The van der Waals surface area contributed by atoms with Gasteiger partial charge in [-0.1, -0.05) is 45.0 Å². The summed E-state index contributed by atoms with van der Waals surface area (Å²) in [7, 11) is 0. The molecule has 0 saturated carbocycles. The van der Waals surface area contributed by atoms with Crippen LogP contribution in [0.1, 0.15) is 38.3 Å². The summed E-state index contributed by atoms with van der Waals surface area (Å²) in [4.78, 5) is 2.49. The van der Waals surface area contributed by atoms with E-state index in [2.05, 4.69) is 55.3 Å². The van der Waals surface area contributed by atoms with Gasteiger partial charge in [-0.3, -0.25) is 4.90 Å². The molecule has 1 aromatic carbocycles. The highest BCUT2D eigenvalue weighted by Crippen LogP contribution is 2.08. The van der Waals surface area contributed by atoms with E-state index < -0.39 is 0 Å². The molecule has 0 heterocycles. The van der Waals surface area contributed by atoms with Crippen molar-refractivity contribution < 1.29 is 0 Å². The van der Waals surface area contributed by atoms with Gasteiger partial charge in [0.15, 0.2) is 0 Å². The van der Waals surface area contributed by atoms with Crippen LogP contribution >= 0.6 is 0 Å². The van der Waals surface area contributed by atoms with Gasteiger partial charge in [0, 0.05) is 13.1 Å². The minimum absolute atomic E-state index is 0.975. The first-order valence-electron chi connectivity index (χ1n) is 6.81. The molecular weight excluding hydrogens is 208 g/mol. The van der Waals surface area contributed by atoms with E-state index in [4.69, 9.17) is 0 Å². The number of rotatable bonds is 8. The molecular formula is C15H26N2. The predicted octanol–water partition coefficient (Wildman–Crippen LogP) is 3.03. The smallest absolute Gasteiger partial charge is 0.0233 e. The van der Waals surface area contributed by atoms with Crippen molar-refractivity contribution in [1.82, 2.24) is 10.2 Å². The number of benzene rings is 1. The maximum absolute atomic E-state index is 3.35. The fourth-order valence-electron chi connectivity index (χ4n) is 1.96. The second kappa shape index (κ2) is 8.26. The normalized spacial score (nSPS) is 11.1. The first-order chi connectivity index (χ1) is 8.30. The van der Waals surface area contributed by atoms with Crippen molar-refractivity contribution in [2.24, 2.45) is 0 Å². The molecule has 1 aromatic rings. The number of hydrogen-bond donors (Lipinski definition) is 1. The Morgan fingerprint density at radius 2 is 1.65 bits per heavy atom. The van der Waals surface area contributed by atoms with Crippen LogP contribution in [0.4, 0.5) is 0 Å². The molecule has 0 unspecified atom stereocenters. The van der Waals surface area contributed by atoms with Gasteiger partial charge in [0.25, 0.3) is 0 Å². The minimum atomic E-state index is 0.975. The Morgan fingerprint density at radius 1 is 1.00 bits per heavy atom. The monoisotopic (exact) mass is 234 g/mol. The molecule has 1 rings (SSSR count). The van der Waals surface area contributed by atoms with Crippen LogP contribution in [0.5, 0.6) is 0 Å². The molecule has 0 aliphatic carbocycles. The van der Waals surface area contributed by atoms with E-state index in [0.29, 0.717) is 0 Å². The molecule has 96 valence electrons. The number of nitrogens with one attached hydrogen (secondary N) is 1. The van der Waals surface area contributed by atoms with Crippen molar-refractivity contribution in [2.75, 3.05) is 19.6 Å². The van der Waals surface area contributed by atoms with Gasteiger partial charge in [0.2, 0.25) is 0 Å². The molecule has 0 amide bonds. The highest BCUT2D eigenvalue weighted by atomic mass is 15.1. The van der Waals surface area contributed by atoms with Crippen molar-refractivity contribution in [2.45, 2.75) is 40.3 Å². The van der Waals surface area contributed by atoms with Crippen molar-refractivity contribution in [3.05, 3.63) is 35.4 Å². The SMILES string of the molecule is CCCN(CC)Cc1ccc(CNCC)cc1. The molecule has 2 heteroatoms. The van der Waals surface area contributed by atoms with Crippen LogP contribution in [-0.4, -0.2) is 24.5 Å². The molecule has 1 N–H and O–H groups in total. The van der Waals surface area contributed by atoms with Gasteiger partial charge in [-0.15, -0.1) is 0 Å². The Hall–Kier alpha value is -0.860. The van der Waals surface area contributed by atoms with Crippen LogP contribution in [-0.2, 0) is 13.1 Å². The summed E-state index contributed by atoms with van der Waals surface area (Å²) in [5.74, 6) is 0. The molecule has 17 heavy (non-hydrogen) atoms. The first-order valence-corrected chi connectivity index (χ1v) is 6.81. The summed E-state index contributed by atoms with van der Waals surface area (Å²) in [5.41, 5.74) is 2.79. The van der Waals surface area contributed by atoms with Crippen LogP contribution in [0.3, 0.4) is 0 Å². The van der Waals surface area contributed by atoms with Crippen molar-refractivity contribution >= 4 is 0 Å². The van der Waals surface area contributed by atoms with Crippen LogP contribution in [0.15, 0.2) is 24.3 Å². The topological polar surface area (TPSA) is 15.3 Å². The molecule has 0 radical (unpaired) electrons. The summed E-state index contributed by atoms with van der Waals surface area (Å²) in [6.45, 7) is 12.0. The van der Waals surface area contributed by atoms with Crippen molar-refractivity contribution in [3.63, 3.8) is 0 Å². The average Bonchev–Trinajstić information content (AvgIpc) is 2.37. The van der Waals surface area contributed by atoms with Crippen LogP contribution in [0.25, 0.3) is 0 Å². The Kier molecular flexibility index (Phi) is 6.90. The summed E-state index contributed by atoms with van der Waals surface area (Å²) in [6.07, 6.45) is 1.23. The van der Waals surface area contributed by atoms with Gasteiger partial charge >= 0.3 is 0 Å². The quantitative estimate of drug-likeness (QED) is 0.744. The van der Waals surface area contributed by atoms with Gasteiger partial charge < -0.3 is 5.32 Å². The fraction of sp³-hybridized carbons (Fsp3) is 0.600. The van der Waals surface area contributed by atoms with Gasteiger partial charge in [-0.25, -0.2) is 0 Å². The van der Waals surface area contributed by atoms with Gasteiger partial charge in [0.05, 0.1) is 0 Å². The molecule has 0 spiro atoms. The Bertz CT molecular complexity index is 292. The maximum Gasteiger partial charge on any atom is 0.0233 e. The summed E-state index contributed by atoms with van der Waals surface area (Å²) < 4.78 is 0. The Balaban J connectivity index is 2.49. The second-order valence-electron chi connectivity index (χ2n) is 4.47. The van der Waals surface area contributed by atoms with Gasteiger partial charge in [0.1, 0.15) is 0 Å². The molecule has 0 aliphatic rings. The fourth-order valence-corrected chi connectivity index (χ4v) is 1.96. The third-order valence-corrected chi connectivity index (χ3v) is 3.00. The second-order valence-corrected chi connectivity index (χ2v) is 4.47. The third kappa shape index (κ3) is 5.33. The van der Waals surface area contributed by atoms with E-state index >= 15 is 0 Å². The van der Waals surface area contributed by atoms with Gasteiger partial charge in [-0.2, -0.15) is 0 Å². The molecule has 0 aromatic heterocycles. The third-order valence-electron chi connectivity index (χ3n) is 3.00. The zero-order valence-corrected chi connectivity index (χ0v) is 11.5. The highest BCUT2D eigenvalue weighted by Gasteiger charge is 2.02. The van der Waals surface area contributed by atoms with E-state index in [1.807, 2.05) is 0 Å². The predicted molar refractivity (Wildman–Crippen MR) is 75.1 cm³/mol. The molecule has 0 fully saturated rings. The number of nitrogens with zero attached hydrogens (tertiary/aromatic N) is 1. The molecule has 2 nitrogen and oxygen atoms in total. The maximum atomic E-state index is 3.35. The Labute approximate surface area is 106 Å². The Morgan fingerprint density at radius 3 is 2.18 bits per heavy atom. The van der Waals surface area contributed by atoms with E-state index in [1.165, 1.54) is 24.1 Å². The molecule has 0 atom stereocenters. The average molecular weight is 234 g/mol. The largest absolute Gasteiger partial charge is 0.313 e. The highest BCUT2D eigenvalue weighted by molar-refractivity contribution is 5.22.